The molecule has 1 heterocycles. The molecule has 4 heteroatoms. The van der Waals surface area contributed by atoms with Crippen LogP contribution < -0.4 is 4.98 Å². The quantitative estimate of drug-likeness (QED) is 0.789. The Kier molecular flexibility index (Phi) is 4.55. The Balaban J connectivity index is 2.13. The van der Waals surface area contributed by atoms with Crippen molar-refractivity contribution in [2.75, 3.05) is 0 Å². The molecule has 0 aromatic carbocycles. The molecule has 0 unspecified atom stereocenters. The molecule has 1 aliphatic carbocycles. The molecule has 20 heavy (non-hydrogen) atoms. The van der Waals surface area contributed by atoms with Gasteiger partial charge in [0.25, 0.3) is 0 Å². The molecule has 1 fully saturated rings. The van der Waals surface area contributed by atoms with Crippen LogP contribution >= 0.6 is 0 Å². The zero-order valence-electron chi connectivity index (χ0n) is 14.2. The third kappa shape index (κ3) is 3.58. The first kappa shape index (κ1) is 15.9. The van der Waals surface area contributed by atoms with Gasteiger partial charge in [-0.3, -0.25) is 0 Å². The summed E-state index contributed by atoms with van der Waals surface area (Å²) in [6.45, 7) is 14.0. The molecule has 0 radical (unpaired) electrons. The average Bonchev–Trinajstić information content (AvgIpc) is 2.73. The van der Waals surface area contributed by atoms with Crippen molar-refractivity contribution in [3.8, 4) is 0 Å². The molecule has 1 aliphatic heterocycles. The van der Waals surface area contributed by atoms with Crippen molar-refractivity contribution in [1.29, 1.82) is 0 Å². The number of hydrogen-bond acceptors (Lipinski definition) is 3. The predicted molar refractivity (Wildman–Crippen MR) is 89.5 cm³/mol. The van der Waals surface area contributed by atoms with Gasteiger partial charge in [-0.25, -0.2) is 0 Å². The van der Waals surface area contributed by atoms with Crippen LogP contribution in [-0.2, 0) is 0 Å². The Morgan fingerprint density at radius 2 is 1.30 bits per heavy atom. The van der Waals surface area contributed by atoms with E-state index in [4.69, 9.17) is 0 Å². The van der Waals surface area contributed by atoms with Gasteiger partial charge in [-0.1, -0.05) is 19.3 Å². The lowest BCUT2D eigenvalue weighted by atomic mass is 9.96. The Morgan fingerprint density at radius 3 is 1.70 bits per heavy atom. The molecule has 2 rings (SSSR count). The van der Waals surface area contributed by atoms with Crippen LogP contribution in [0.4, 0.5) is 0 Å². The second kappa shape index (κ2) is 5.72. The van der Waals surface area contributed by atoms with Crippen LogP contribution in [0.25, 0.3) is 0 Å². The number of nitrogens with one attached hydrogen (secondary N) is 1. The summed E-state index contributed by atoms with van der Waals surface area (Å²) in [5.74, 6) is 0. The van der Waals surface area contributed by atoms with Crippen LogP contribution in [0.1, 0.15) is 73.6 Å². The number of rotatable bonds is 2. The van der Waals surface area contributed by atoms with Gasteiger partial charge in [-0.05, 0) is 54.4 Å². The summed E-state index contributed by atoms with van der Waals surface area (Å²) >= 11 is 0. The van der Waals surface area contributed by atoms with E-state index in [1.54, 1.807) is 0 Å². The van der Waals surface area contributed by atoms with E-state index in [9.17, 15) is 0 Å². The second-order valence-corrected chi connectivity index (χ2v) is 10.5. The molecule has 0 saturated heterocycles. The molecule has 0 spiro atoms. The molecule has 0 aromatic heterocycles. The van der Waals surface area contributed by atoms with Crippen molar-refractivity contribution in [3.63, 3.8) is 0 Å². The van der Waals surface area contributed by atoms with Gasteiger partial charge in [0.1, 0.15) is 0 Å². The van der Waals surface area contributed by atoms with Crippen LogP contribution in [0.2, 0.25) is 0 Å². The molecule has 2 aliphatic rings. The van der Waals surface area contributed by atoms with Crippen molar-refractivity contribution in [3.05, 3.63) is 12.4 Å². The van der Waals surface area contributed by atoms with Crippen LogP contribution in [0.5, 0.6) is 0 Å². The van der Waals surface area contributed by atoms with Crippen molar-refractivity contribution in [2.24, 2.45) is 0 Å². The van der Waals surface area contributed by atoms with Gasteiger partial charge in [0.15, 0.2) is 0 Å². The SMILES string of the molecule is CC(C)(C)N1C=CN(C(C)(C)C)[SiH]1NC1CCCCC1. The summed E-state index contributed by atoms with van der Waals surface area (Å²) in [5, 5.41) is 0. The highest BCUT2D eigenvalue weighted by Gasteiger charge is 2.41. The van der Waals surface area contributed by atoms with Gasteiger partial charge >= 0.3 is 9.28 Å². The Bertz CT molecular complexity index is 324. The summed E-state index contributed by atoms with van der Waals surface area (Å²) in [5.41, 5.74) is 0.407. The summed E-state index contributed by atoms with van der Waals surface area (Å²) in [4.78, 5) is 4.06. The monoisotopic (exact) mass is 295 g/mol. The van der Waals surface area contributed by atoms with E-state index in [1.807, 2.05) is 0 Å². The lowest BCUT2D eigenvalue weighted by Crippen LogP contribution is -2.65. The molecule has 0 aromatic rings. The normalized spacial score (nSPS) is 22.9. The molecule has 0 atom stereocenters. The summed E-state index contributed by atoms with van der Waals surface area (Å²) in [6.07, 6.45) is 11.6. The Hall–Kier alpha value is -0.483. The van der Waals surface area contributed by atoms with Crippen LogP contribution in [0.15, 0.2) is 12.4 Å². The minimum atomic E-state index is -1.33. The van der Waals surface area contributed by atoms with E-state index >= 15 is 0 Å². The summed E-state index contributed by atoms with van der Waals surface area (Å²) in [7, 11) is -1.33. The van der Waals surface area contributed by atoms with Crippen LogP contribution in [0, 0.1) is 0 Å². The summed E-state index contributed by atoms with van der Waals surface area (Å²) < 4.78 is 5.21. The minimum Gasteiger partial charge on any atom is -0.371 e. The van der Waals surface area contributed by atoms with E-state index in [1.165, 1.54) is 32.1 Å². The standard InChI is InChI=1S/C16H33N3Si/c1-15(2,3)18-12-13-19(16(4,5)6)20(18)17-14-10-8-7-9-11-14/h12-14,17,20H,7-11H2,1-6H3. The van der Waals surface area contributed by atoms with E-state index in [2.05, 4.69) is 68.1 Å². The number of nitrogens with zero attached hydrogens (tertiary/aromatic N) is 2. The molecular formula is C16H33N3Si. The summed E-state index contributed by atoms with van der Waals surface area (Å²) in [6, 6.07) is 0.731. The second-order valence-electron chi connectivity index (χ2n) is 8.33. The Morgan fingerprint density at radius 1 is 0.850 bits per heavy atom. The van der Waals surface area contributed by atoms with E-state index in [0.717, 1.165) is 6.04 Å². The fraction of sp³-hybridized carbons (Fsp3) is 0.875. The van der Waals surface area contributed by atoms with Gasteiger partial charge < -0.3 is 14.1 Å². The van der Waals surface area contributed by atoms with Gasteiger partial charge in [-0.2, -0.15) is 0 Å². The third-order valence-corrected chi connectivity index (χ3v) is 8.17. The maximum Gasteiger partial charge on any atom is 0.330 e. The maximum atomic E-state index is 4.06. The van der Waals surface area contributed by atoms with Crippen LogP contribution in [-0.4, -0.2) is 35.5 Å². The lowest BCUT2D eigenvalue weighted by molar-refractivity contribution is 0.263. The van der Waals surface area contributed by atoms with Gasteiger partial charge in [0, 0.05) is 29.5 Å². The zero-order valence-corrected chi connectivity index (χ0v) is 15.4. The van der Waals surface area contributed by atoms with Crippen LogP contribution in [0.3, 0.4) is 0 Å². The molecule has 0 amide bonds. The first-order valence-corrected chi connectivity index (χ1v) is 9.82. The van der Waals surface area contributed by atoms with Crippen molar-refractivity contribution in [1.82, 2.24) is 14.1 Å². The molecule has 1 N–H and O–H groups in total. The van der Waals surface area contributed by atoms with Crippen molar-refractivity contribution in [2.45, 2.75) is 90.8 Å². The first-order chi connectivity index (χ1) is 9.19. The van der Waals surface area contributed by atoms with Crippen molar-refractivity contribution < 1.29 is 0 Å². The molecule has 3 nitrogen and oxygen atoms in total. The molecule has 0 bridgehead atoms. The lowest BCUT2D eigenvalue weighted by Gasteiger charge is -2.46. The Labute approximate surface area is 127 Å². The van der Waals surface area contributed by atoms with E-state index in [-0.39, 0.29) is 11.1 Å². The average molecular weight is 296 g/mol. The fourth-order valence-corrected chi connectivity index (χ4v) is 6.55. The fourth-order valence-electron chi connectivity index (χ4n) is 3.26. The highest BCUT2D eigenvalue weighted by Crippen LogP contribution is 2.29. The highest BCUT2D eigenvalue weighted by atomic mass is 28.3. The largest absolute Gasteiger partial charge is 0.371 e. The van der Waals surface area contributed by atoms with E-state index in [0.29, 0.717) is 0 Å². The van der Waals surface area contributed by atoms with Crippen molar-refractivity contribution >= 4 is 9.28 Å². The predicted octanol–water partition coefficient (Wildman–Crippen LogP) is 3.31. The molecule has 1 saturated carbocycles. The van der Waals surface area contributed by atoms with Gasteiger partial charge in [-0.15, -0.1) is 0 Å². The van der Waals surface area contributed by atoms with Gasteiger partial charge in [0.05, 0.1) is 0 Å². The third-order valence-electron chi connectivity index (χ3n) is 4.45. The molecule has 116 valence electrons. The zero-order chi connectivity index (χ0) is 15.0. The molecular weight excluding hydrogens is 262 g/mol. The smallest absolute Gasteiger partial charge is 0.330 e. The van der Waals surface area contributed by atoms with E-state index < -0.39 is 9.28 Å². The minimum absolute atomic E-state index is 0.203. The van der Waals surface area contributed by atoms with Gasteiger partial charge in [0.2, 0.25) is 0 Å². The number of hydrogen-bond donors (Lipinski definition) is 1. The topological polar surface area (TPSA) is 18.5 Å². The first-order valence-electron chi connectivity index (χ1n) is 8.21. The maximum absolute atomic E-state index is 4.06. The highest BCUT2D eigenvalue weighted by molar-refractivity contribution is 6.52.